The van der Waals surface area contributed by atoms with Gasteiger partial charge in [0.2, 0.25) is 0 Å². The summed E-state index contributed by atoms with van der Waals surface area (Å²) in [5.41, 5.74) is 2.99. The van der Waals surface area contributed by atoms with Gasteiger partial charge in [-0.25, -0.2) is 4.79 Å². The number of nitrogens with one attached hydrogen (secondary N) is 1. The maximum Gasteiger partial charge on any atom is 0.408 e. The highest BCUT2D eigenvalue weighted by atomic mass is 35.5. The molecule has 0 saturated heterocycles. The molecule has 328 valence electrons. The Morgan fingerprint density at radius 3 is 1.42 bits per heavy atom. The third-order valence-electron chi connectivity index (χ3n) is 13.8. The Balaban J connectivity index is 0.000000317. The first-order valence-corrected chi connectivity index (χ1v) is 20.7. The normalized spacial score (nSPS) is 33.1. The molecule has 4 N–H and O–H groups in total. The van der Waals surface area contributed by atoms with Crippen molar-refractivity contribution < 1.29 is 43.3 Å². The zero-order chi connectivity index (χ0) is 41.7. The highest BCUT2D eigenvalue weighted by Gasteiger charge is 2.58. The van der Waals surface area contributed by atoms with Crippen LogP contribution in [0.5, 0.6) is 0 Å². The molecule has 8 rings (SSSR count). The molecule has 0 heterocycles. The van der Waals surface area contributed by atoms with Crippen LogP contribution < -0.4 is 11.1 Å². The molecule has 11 nitrogen and oxygen atoms in total. The molecule has 8 aliphatic carbocycles. The molecule has 0 radical (unpaired) electrons. The number of carbonyl (C=O) groups excluding carboxylic acids is 5. The van der Waals surface area contributed by atoms with E-state index in [9.17, 15) is 28.8 Å². The summed E-state index contributed by atoms with van der Waals surface area (Å²) in [6.45, 7) is 20.7. The average Bonchev–Trinajstić information content (AvgIpc) is 2.98. The number of rotatable bonds is 9. The molecule has 8 fully saturated rings. The van der Waals surface area contributed by atoms with Crippen molar-refractivity contribution in [3.8, 4) is 0 Å². The Bertz CT molecular complexity index is 1480. The first kappa shape index (κ1) is 50.6. The summed E-state index contributed by atoms with van der Waals surface area (Å²) in [4.78, 5) is 71.2. The SMILES string of the molecule is C.CC(=O)C12CC3CC(C1)C(CC(=O)C(C)(C)NC(=O)OC(C)(C)C)C(C3)C2.CC(=O)C12CC3CC(C1)C(N)C(C3)C2.CC(C)(C)OC(=O)CC(C)(C)C(=O)O.Cl. The summed E-state index contributed by atoms with van der Waals surface area (Å²) < 4.78 is 10.3. The number of halogens is 1. The van der Waals surface area contributed by atoms with Crippen LogP contribution in [0, 0.1) is 57.7 Å². The molecule has 0 aromatic carbocycles. The molecule has 8 saturated carbocycles. The minimum absolute atomic E-state index is 0. The van der Waals surface area contributed by atoms with Gasteiger partial charge in [-0.1, -0.05) is 7.43 Å². The summed E-state index contributed by atoms with van der Waals surface area (Å²) in [5, 5.41) is 11.5. The molecule has 0 aliphatic heterocycles. The third-order valence-corrected chi connectivity index (χ3v) is 13.8. The van der Waals surface area contributed by atoms with E-state index in [1.54, 1.807) is 69.2 Å². The van der Waals surface area contributed by atoms with E-state index in [-0.39, 0.29) is 42.9 Å². The lowest BCUT2D eigenvalue weighted by atomic mass is 9.44. The molecule has 4 atom stereocenters. The van der Waals surface area contributed by atoms with Crippen LogP contribution in [0.3, 0.4) is 0 Å². The second kappa shape index (κ2) is 18.0. The van der Waals surface area contributed by atoms with Crippen molar-refractivity contribution in [2.45, 2.75) is 190 Å². The molecule has 0 aromatic heterocycles. The van der Waals surface area contributed by atoms with Crippen LogP contribution in [0.25, 0.3) is 0 Å². The maximum absolute atomic E-state index is 13.0. The number of amides is 1. The average molecular weight is 826 g/mol. The van der Waals surface area contributed by atoms with E-state index in [2.05, 4.69) is 5.32 Å². The number of carboxylic acid groups (broad SMARTS) is 1. The van der Waals surface area contributed by atoms with Crippen molar-refractivity contribution in [2.75, 3.05) is 0 Å². The minimum atomic E-state index is -1.07. The number of hydrogen-bond acceptors (Lipinski definition) is 9. The smallest absolute Gasteiger partial charge is 0.408 e. The fourth-order valence-electron chi connectivity index (χ4n) is 11.3. The Kier molecular flexibility index (Phi) is 16.0. The number of carbonyl (C=O) groups is 6. The molecule has 4 unspecified atom stereocenters. The molecule has 0 aromatic rings. The predicted molar refractivity (Wildman–Crippen MR) is 224 cm³/mol. The van der Waals surface area contributed by atoms with Gasteiger partial charge >= 0.3 is 18.0 Å². The lowest BCUT2D eigenvalue weighted by molar-refractivity contribution is -0.163. The van der Waals surface area contributed by atoms with Gasteiger partial charge in [-0.2, -0.15) is 0 Å². The molecule has 8 aliphatic rings. The Morgan fingerprint density at radius 1 is 0.667 bits per heavy atom. The topological polar surface area (TPSA) is 179 Å². The number of alkyl carbamates (subject to hydrolysis) is 1. The summed E-state index contributed by atoms with van der Waals surface area (Å²) in [5.74, 6) is 3.44. The Hall–Kier alpha value is -2.53. The number of aliphatic carboxylic acids is 1. The fourth-order valence-corrected chi connectivity index (χ4v) is 11.3. The van der Waals surface area contributed by atoms with Gasteiger partial charge in [0.25, 0.3) is 0 Å². The van der Waals surface area contributed by atoms with Crippen LogP contribution in [-0.2, 0) is 33.4 Å². The van der Waals surface area contributed by atoms with Gasteiger partial charge in [0.15, 0.2) is 5.78 Å². The van der Waals surface area contributed by atoms with Crippen LogP contribution in [0.2, 0.25) is 0 Å². The van der Waals surface area contributed by atoms with Crippen molar-refractivity contribution in [2.24, 2.45) is 63.4 Å². The van der Waals surface area contributed by atoms with Gasteiger partial charge in [0, 0.05) is 23.3 Å². The van der Waals surface area contributed by atoms with Crippen molar-refractivity contribution in [3.05, 3.63) is 0 Å². The molecular formula is C45H77ClN2O9. The second-order valence-electron chi connectivity index (χ2n) is 21.7. The lowest BCUT2D eigenvalue weighted by Gasteiger charge is -2.59. The number of carboxylic acids is 1. The Labute approximate surface area is 349 Å². The summed E-state index contributed by atoms with van der Waals surface area (Å²) >= 11 is 0. The molecular weight excluding hydrogens is 748 g/mol. The fraction of sp³-hybridized carbons (Fsp3) is 0.867. The van der Waals surface area contributed by atoms with E-state index < -0.39 is 40.2 Å². The zero-order valence-corrected chi connectivity index (χ0v) is 37.1. The van der Waals surface area contributed by atoms with Crippen molar-refractivity contribution in [1.82, 2.24) is 5.32 Å². The molecule has 57 heavy (non-hydrogen) atoms. The highest BCUT2D eigenvalue weighted by Crippen LogP contribution is 2.63. The zero-order valence-electron chi connectivity index (χ0n) is 36.3. The van der Waals surface area contributed by atoms with Crippen molar-refractivity contribution in [3.63, 3.8) is 0 Å². The van der Waals surface area contributed by atoms with Gasteiger partial charge in [0.1, 0.15) is 22.8 Å². The van der Waals surface area contributed by atoms with Crippen LogP contribution in [-0.4, -0.2) is 63.3 Å². The van der Waals surface area contributed by atoms with Gasteiger partial charge in [-0.15, -0.1) is 12.4 Å². The van der Waals surface area contributed by atoms with E-state index in [1.165, 1.54) is 33.1 Å². The Morgan fingerprint density at radius 2 is 1.05 bits per heavy atom. The molecule has 1 amide bonds. The highest BCUT2D eigenvalue weighted by molar-refractivity contribution is 5.91. The van der Waals surface area contributed by atoms with E-state index in [0.717, 1.165) is 50.9 Å². The van der Waals surface area contributed by atoms with Gasteiger partial charge in [-0.05, 0) is 189 Å². The number of ether oxygens (including phenoxy) is 2. The number of esters is 1. The van der Waals surface area contributed by atoms with E-state index in [0.29, 0.717) is 59.5 Å². The molecule has 0 spiro atoms. The standard InChI is InChI=1S/C22H35NO4.C12H19NO.C10H18O4.CH4.ClH/c1-13(24)22-10-14-7-15(11-22)17(16(8-14)12-22)9-18(25)21(5,6)23-19(26)27-20(2,3)4;1-7(14)12-4-8-2-9(5-12)11(13)10(3-8)6-12;1-9(2,3)14-7(11)6-10(4,5)8(12)13;;/h14-17H,7-12H2,1-6H3,(H,23,26);8-11H,2-6,13H2,1H3;6H2,1-5H3,(H,12,13);1H4;1H. The van der Waals surface area contributed by atoms with Crippen molar-refractivity contribution >= 4 is 47.8 Å². The third kappa shape index (κ3) is 12.3. The van der Waals surface area contributed by atoms with Crippen LogP contribution in [0.1, 0.15) is 168 Å². The number of hydrogen-bond donors (Lipinski definition) is 3. The van der Waals surface area contributed by atoms with Crippen LogP contribution in [0.15, 0.2) is 0 Å². The van der Waals surface area contributed by atoms with E-state index in [1.807, 2.05) is 0 Å². The largest absolute Gasteiger partial charge is 0.481 e. The first-order valence-electron chi connectivity index (χ1n) is 20.7. The maximum atomic E-state index is 13.0. The quantitative estimate of drug-likeness (QED) is 0.190. The summed E-state index contributed by atoms with van der Waals surface area (Å²) in [6.07, 6.45) is 11.0. The van der Waals surface area contributed by atoms with E-state index in [4.69, 9.17) is 20.3 Å². The number of Topliss-reactive ketones (excluding diaryl/α,β-unsaturated/α-hetero) is 3. The molecule has 12 heteroatoms. The van der Waals surface area contributed by atoms with Crippen LogP contribution in [0.4, 0.5) is 4.79 Å². The van der Waals surface area contributed by atoms with E-state index >= 15 is 0 Å². The number of nitrogens with two attached hydrogens (primary N) is 1. The van der Waals surface area contributed by atoms with Crippen LogP contribution >= 0.6 is 12.4 Å². The van der Waals surface area contributed by atoms with Crippen molar-refractivity contribution in [1.29, 1.82) is 0 Å². The van der Waals surface area contributed by atoms with Gasteiger partial charge < -0.3 is 25.6 Å². The summed E-state index contributed by atoms with van der Waals surface area (Å²) in [6, 6.07) is 0.402. The summed E-state index contributed by atoms with van der Waals surface area (Å²) in [7, 11) is 0. The monoisotopic (exact) mass is 825 g/mol. The number of ketones is 3. The van der Waals surface area contributed by atoms with Gasteiger partial charge in [-0.3, -0.25) is 24.0 Å². The van der Waals surface area contributed by atoms with Gasteiger partial charge in [0.05, 0.1) is 17.4 Å². The minimum Gasteiger partial charge on any atom is -0.481 e. The molecule has 8 bridgehead atoms. The lowest BCUT2D eigenvalue weighted by Crippen LogP contribution is -2.58. The predicted octanol–water partition coefficient (Wildman–Crippen LogP) is 8.90. The first-order chi connectivity index (χ1) is 25.0. The second-order valence-corrected chi connectivity index (χ2v) is 21.7.